The van der Waals surface area contributed by atoms with Crippen LogP contribution in [0.2, 0.25) is 0 Å². The lowest BCUT2D eigenvalue weighted by Gasteiger charge is -2.33. The number of nitrogens with zero attached hydrogens (tertiary/aromatic N) is 4. The molecular weight excluding hydrogens is 536 g/mol. The molecule has 4 aromatic rings. The van der Waals surface area contributed by atoms with Gasteiger partial charge < -0.3 is 9.84 Å². The summed E-state index contributed by atoms with van der Waals surface area (Å²) in [7, 11) is 1.88. The fourth-order valence-electron chi connectivity index (χ4n) is 7.14. The first-order valence-corrected chi connectivity index (χ1v) is 15.7. The highest BCUT2D eigenvalue weighted by molar-refractivity contribution is 5.81. The van der Waals surface area contributed by atoms with Crippen molar-refractivity contribution in [2.75, 3.05) is 6.54 Å². The zero-order valence-electron chi connectivity index (χ0n) is 26.4. The fraction of sp³-hybridized carbons (Fsp3) is 0.472. The molecule has 0 radical (unpaired) electrons. The minimum Gasteiger partial charge on any atom is -0.489 e. The molecule has 1 aliphatic carbocycles. The van der Waals surface area contributed by atoms with E-state index in [4.69, 9.17) is 4.74 Å². The van der Waals surface area contributed by atoms with Crippen molar-refractivity contribution >= 4 is 17.0 Å². The van der Waals surface area contributed by atoms with Gasteiger partial charge in [0.2, 0.25) is 0 Å². The number of ether oxygens (including phenoxy) is 1. The summed E-state index contributed by atoms with van der Waals surface area (Å²) in [5, 5.41) is 19.1. The second-order valence-corrected chi connectivity index (χ2v) is 13.3. The van der Waals surface area contributed by atoms with E-state index in [1.165, 1.54) is 40.7 Å². The van der Waals surface area contributed by atoms with Gasteiger partial charge in [0.1, 0.15) is 17.4 Å². The molecular formula is C36H44N4O3. The van der Waals surface area contributed by atoms with Gasteiger partial charge in [0, 0.05) is 38.2 Å². The lowest BCUT2D eigenvalue weighted by Crippen LogP contribution is -2.33. The molecule has 7 nitrogen and oxygen atoms in total. The van der Waals surface area contributed by atoms with Crippen molar-refractivity contribution < 1.29 is 14.6 Å². The Bertz CT molecular complexity index is 1690. The Morgan fingerprint density at radius 2 is 1.81 bits per heavy atom. The molecule has 0 amide bonds. The van der Waals surface area contributed by atoms with E-state index >= 15 is 0 Å². The van der Waals surface area contributed by atoms with Gasteiger partial charge in [-0.1, -0.05) is 42.5 Å². The van der Waals surface area contributed by atoms with Gasteiger partial charge >= 0.3 is 5.97 Å². The summed E-state index contributed by atoms with van der Waals surface area (Å²) < 4.78 is 8.35. The molecule has 1 aliphatic heterocycles. The maximum absolute atomic E-state index is 12.7. The minimum atomic E-state index is -1.05. The van der Waals surface area contributed by atoms with Gasteiger partial charge in [0.25, 0.3) is 0 Å². The van der Waals surface area contributed by atoms with E-state index in [0.717, 1.165) is 72.4 Å². The average molecular weight is 581 g/mol. The fourth-order valence-corrected chi connectivity index (χ4v) is 7.14. The van der Waals surface area contributed by atoms with Crippen molar-refractivity contribution in [3.8, 4) is 5.75 Å². The van der Waals surface area contributed by atoms with Crippen molar-refractivity contribution in [2.45, 2.75) is 91.8 Å². The molecule has 43 heavy (non-hydrogen) atoms. The third-order valence-electron chi connectivity index (χ3n) is 9.89. The van der Waals surface area contributed by atoms with Crippen LogP contribution in [0.15, 0.2) is 42.5 Å². The maximum atomic E-state index is 12.7. The molecule has 0 saturated heterocycles. The predicted octanol–water partition coefficient (Wildman–Crippen LogP) is 6.88. The Labute approximate surface area is 254 Å². The minimum absolute atomic E-state index is 0.131. The van der Waals surface area contributed by atoms with E-state index in [0.29, 0.717) is 0 Å². The Balaban J connectivity index is 1.38. The van der Waals surface area contributed by atoms with E-state index in [-0.39, 0.29) is 12.0 Å². The number of carboxylic acids is 1. The summed E-state index contributed by atoms with van der Waals surface area (Å²) >= 11 is 0. The van der Waals surface area contributed by atoms with Crippen LogP contribution in [-0.4, -0.2) is 43.6 Å². The number of aliphatic carboxylic acids is 1. The lowest BCUT2D eigenvalue weighted by atomic mass is 9.69. The van der Waals surface area contributed by atoms with Crippen LogP contribution in [0.5, 0.6) is 5.75 Å². The molecule has 6 rings (SSSR count). The number of hydrogen-bond acceptors (Lipinski definition) is 5. The smallest absolute Gasteiger partial charge is 0.310 e. The summed E-state index contributed by atoms with van der Waals surface area (Å²) in [6.07, 6.45) is 5.90. The number of aryl methyl sites for hydroxylation is 5. The Morgan fingerprint density at radius 3 is 2.53 bits per heavy atom. The van der Waals surface area contributed by atoms with Crippen molar-refractivity contribution in [2.24, 2.45) is 12.5 Å². The molecule has 1 aromatic heterocycles. The highest BCUT2D eigenvalue weighted by Crippen LogP contribution is 2.44. The number of hydrogen-bond donors (Lipinski definition) is 1. The molecule has 2 atom stereocenters. The summed E-state index contributed by atoms with van der Waals surface area (Å²) in [6.45, 7) is 12.5. The number of fused-ring (bicyclic) bond motifs is 3. The third-order valence-corrected chi connectivity index (χ3v) is 9.89. The van der Waals surface area contributed by atoms with Crippen LogP contribution in [0.3, 0.4) is 0 Å². The highest BCUT2D eigenvalue weighted by Gasteiger charge is 2.40. The van der Waals surface area contributed by atoms with Crippen molar-refractivity contribution in [3.05, 3.63) is 87.0 Å². The monoisotopic (exact) mass is 580 g/mol. The number of rotatable bonds is 7. The number of carboxylic acid groups (broad SMARTS) is 1. The SMILES string of the molecule is CC[C@@H]1CN(Cc2cc(C(c3ccc4c(nnn4C)c3C)C(C)(C)C(=O)O)ccc2C)Cc2cc3c(cc2O1)CCCC3. The van der Waals surface area contributed by atoms with Crippen LogP contribution in [0.1, 0.15) is 90.5 Å². The van der Waals surface area contributed by atoms with Gasteiger partial charge in [-0.05, 0) is 111 Å². The molecule has 0 bridgehead atoms. The van der Waals surface area contributed by atoms with E-state index in [9.17, 15) is 9.90 Å². The van der Waals surface area contributed by atoms with Crippen LogP contribution in [0.4, 0.5) is 0 Å². The second-order valence-electron chi connectivity index (χ2n) is 13.3. The van der Waals surface area contributed by atoms with Crippen LogP contribution in [0.25, 0.3) is 11.0 Å². The summed E-state index contributed by atoms with van der Waals surface area (Å²) in [6, 6.07) is 15.3. The first kappa shape index (κ1) is 29.4. The van der Waals surface area contributed by atoms with Crippen LogP contribution < -0.4 is 4.74 Å². The van der Waals surface area contributed by atoms with E-state index in [1.807, 2.05) is 33.9 Å². The normalized spacial score (nSPS) is 18.0. The van der Waals surface area contributed by atoms with Crippen molar-refractivity contribution in [1.29, 1.82) is 0 Å². The Kier molecular flexibility index (Phi) is 7.80. The van der Waals surface area contributed by atoms with E-state index in [2.05, 4.69) is 65.5 Å². The average Bonchev–Trinajstić information content (AvgIpc) is 3.27. The molecule has 3 aromatic carbocycles. The zero-order chi connectivity index (χ0) is 30.5. The first-order valence-electron chi connectivity index (χ1n) is 15.7. The Morgan fingerprint density at radius 1 is 1.07 bits per heavy atom. The highest BCUT2D eigenvalue weighted by atomic mass is 16.5. The van der Waals surface area contributed by atoms with Crippen molar-refractivity contribution in [3.63, 3.8) is 0 Å². The third kappa shape index (κ3) is 5.44. The lowest BCUT2D eigenvalue weighted by molar-refractivity contribution is -0.147. The molecule has 2 aliphatic rings. The number of aromatic nitrogens is 3. The molecule has 0 fully saturated rings. The van der Waals surface area contributed by atoms with Gasteiger partial charge in [-0.15, -0.1) is 5.10 Å². The molecule has 0 saturated carbocycles. The maximum Gasteiger partial charge on any atom is 0.310 e. The molecule has 1 N–H and O–H groups in total. The standard InChI is InChI=1S/C36H44N4O3/c1-7-29-21-40(20-28-16-24-10-8-9-11-25(24)18-32(28)43-29)19-27-17-26(13-12-22(27)2)33(36(4,5)35(41)42)30-14-15-31-34(23(30)3)37-38-39(31)6/h12-18,29,33H,7-11,19-21H2,1-6H3,(H,41,42)/t29-,33?/m1/s1. The van der Waals surface area contributed by atoms with Gasteiger partial charge in [-0.3, -0.25) is 9.69 Å². The molecule has 226 valence electrons. The van der Waals surface area contributed by atoms with Gasteiger partial charge in [-0.25, -0.2) is 4.68 Å². The van der Waals surface area contributed by atoms with Crippen LogP contribution >= 0.6 is 0 Å². The van der Waals surface area contributed by atoms with E-state index < -0.39 is 11.4 Å². The first-order chi connectivity index (χ1) is 20.6. The quantitative estimate of drug-likeness (QED) is 0.257. The van der Waals surface area contributed by atoms with Gasteiger partial charge in [0.05, 0.1) is 10.9 Å². The van der Waals surface area contributed by atoms with Gasteiger partial charge in [-0.2, -0.15) is 0 Å². The molecule has 1 unspecified atom stereocenters. The molecule has 2 heterocycles. The summed E-state index contributed by atoms with van der Waals surface area (Å²) in [4.78, 5) is 15.2. The number of benzene rings is 3. The predicted molar refractivity (Wildman–Crippen MR) is 170 cm³/mol. The van der Waals surface area contributed by atoms with Crippen LogP contribution in [-0.2, 0) is 37.8 Å². The van der Waals surface area contributed by atoms with E-state index in [1.54, 1.807) is 4.68 Å². The molecule has 7 heteroatoms. The largest absolute Gasteiger partial charge is 0.489 e. The number of carbonyl (C=O) groups is 1. The Hall–Kier alpha value is -3.71. The van der Waals surface area contributed by atoms with Gasteiger partial charge in [0.15, 0.2) is 0 Å². The van der Waals surface area contributed by atoms with Crippen molar-refractivity contribution in [1.82, 2.24) is 19.9 Å². The summed E-state index contributed by atoms with van der Waals surface area (Å²) in [5.41, 5.74) is 10.3. The summed E-state index contributed by atoms with van der Waals surface area (Å²) in [5.74, 6) is -0.133. The topological polar surface area (TPSA) is 80.5 Å². The zero-order valence-corrected chi connectivity index (χ0v) is 26.4. The second kappa shape index (κ2) is 11.4. The van der Waals surface area contributed by atoms with Crippen LogP contribution in [0, 0.1) is 19.3 Å². The molecule has 0 spiro atoms.